The number of carboxylic acid groups (broad SMARTS) is 1. The van der Waals surface area contributed by atoms with Crippen LogP contribution in [0.2, 0.25) is 0 Å². The van der Waals surface area contributed by atoms with E-state index in [0.29, 0.717) is 24.4 Å². The van der Waals surface area contributed by atoms with Crippen LogP contribution in [0.15, 0.2) is 12.1 Å². The lowest BCUT2D eigenvalue weighted by Gasteiger charge is -2.34. The largest absolute Gasteiger partial charge is 0.480 e. The topological polar surface area (TPSA) is 149 Å². The first-order valence-corrected chi connectivity index (χ1v) is 11.6. The number of rotatable bonds is 9. The second-order valence-electron chi connectivity index (χ2n) is 8.24. The minimum atomic E-state index is -0.995. The lowest BCUT2D eigenvalue weighted by atomic mass is 9.83. The minimum Gasteiger partial charge on any atom is -0.480 e. The average Bonchev–Trinajstić information content (AvgIpc) is 3.42. The Kier molecular flexibility index (Phi) is 8.03. The molecule has 31 heavy (non-hydrogen) atoms. The van der Waals surface area contributed by atoms with E-state index in [-0.39, 0.29) is 30.1 Å². The Balaban J connectivity index is 1.64. The fourth-order valence-corrected chi connectivity index (χ4v) is 5.32. The third-order valence-corrected chi connectivity index (χ3v) is 7.18. The summed E-state index contributed by atoms with van der Waals surface area (Å²) in [7, 11) is 0. The monoisotopic (exact) mass is 449 g/mol. The summed E-state index contributed by atoms with van der Waals surface area (Å²) >= 11 is 1.36. The summed E-state index contributed by atoms with van der Waals surface area (Å²) in [6, 6.07) is 2.47. The number of carboxylic acids is 1. The van der Waals surface area contributed by atoms with Crippen molar-refractivity contribution in [2.45, 2.75) is 63.6 Å². The Labute approximate surface area is 185 Å². The zero-order valence-electron chi connectivity index (χ0n) is 17.6. The van der Waals surface area contributed by atoms with E-state index in [1.807, 2.05) is 6.07 Å². The highest BCUT2D eigenvalue weighted by atomic mass is 32.1. The summed E-state index contributed by atoms with van der Waals surface area (Å²) < 4.78 is 0. The molecule has 1 saturated carbocycles. The third-order valence-electron chi connectivity index (χ3n) is 6.06. The Morgan fingerprint density at radius 1 is 1.19 bits per heavy atom. The van der Waals surface area contributed by atoms with E-state index in [4.69, 9.17) is 16.2 Å². The normalized spacial score (nSPS) is 20.4. The molecule has 10 heteroatoms. The summed E-state index contributed by atoms with van der Waals surface area (Å²) in [5.74, 6) is -1.27. The number of thiophene rings is 1. The number of amides is 2. The lowest BCUT2D eigenvalue weighted by Crippen LogP contribution is -2.55. The molecule has 1 aliphatic carbocycles. The molecule has 3 rings (SSSR count). The molecule has 1 aliphatic heterocycles. The van der Waals surface area contributed by atoms with Crippen LogP contribution in [-0.4, -0.2) is 58.8 Å². The molecule has 2 unspecified atom stereocenters. The summed E-state index contributed by atoms with van der Waals surface area (Å²) in [5, 5.41) is 22.4. The van der Waals surface area contributed by atoms with Gasteiger partial charge in [-0.05, 0) is 43.7 Å². The van der Waals surface area contributed by atoms with Gasteiger partial charge in [-0.25, -0.2) is 0 Å². The molecule has 2 amide bonds. The van der Waals surface area contributed by atoms with Crippen LogP contribution in [-0.2, 0) is 20.9 Å². The van der Waals surface area contributed by atoms with Crippen molar-refractivity contribution in [3.05, 3.63) is 21.9 Å². The number of nitrogens with one attached hydrogen (secondary N) is 3. The molecule has 0 bridgehead atoms. The van der Waals surface area contributed by atoms with Gasteiger partial charge in [0.05, 0.1) is 24.0 Å². The molecular formula is C21H31N5O4S. The predicted molar refractivity (Wildman–Crippen MR) is 118 cm³/mol. The fraction of sp³-hybridized carbons (Fsp3) is 0.619. The number of likely N-dealkylation sites (tertiary alicyclic amines) is 1. The Morgan fingerprint density at radius 3 is 2.58 bits per heavy atom. The van der Waals surface area contributed by atoms with Gasteiger partial charge < -0.3 is 21.1 Å². The van der Waals surface area contributed by atoms with Gasteiger partial charge in [-0.3, -0.25) is 25.1 Å². The molecule has 2 aliphatic rings. The number of carbonyl (C=O) groups excluding carboxylic acids is 2. The quantitative estimate of drug-likeness (QED) is 0.283. The number of hydrogen-bond donors (Lipinski definition) is 5. The maximum Gasteiger partial charge on any atom is 0.317 e. The highest BCUT2D eigenvalue weighted by molar-refractivity contribution is 7.14. The van der Waals surface area contributed by atoms with E-state index in [2.05, 4.69) is 10.6 Å². The molecule has 6 N–H and O–H groups in total. The zero-order valence-corrected chi connectivity index (χ0v) is 18.4. The van der Waals surface area contributed by atoms with E-state index in [1.165, 1.54) is 11.3 Å². The summed E-state index contributed by atoms with van der Waals surface area (Å²) in [5.41, 5.74) is 5.49. The zero-order chi connectivity index (χ0) is 22.4. The Morgan fingerprint density at radius 2 is 1.94 bits per heavy atom. The van der Waals surface area contributed by atoms with Gasteiger partial charge >= 0.3 is 5.97 Å². The average molecular weight is 450 g/mol. The van der Waals surface area contributed by atoms with Crippen molar-refractivity contribution < 1.29 is 19.5 Å². The molecule has 1 aromatic heterocycles. The second-order valence-corrected chi connectivity index (χ2v) is 9.41. The fourth-order valence-electron chi connectivity index (χ4n) is 4.51. The van der Waals surface area contributed by atoms with Crippen molar-refractivity contribution in [1.82, 2.24) is 15.5 Å². The molecule has 2 fully saturated rings. The molecule has 1 saturated heterocycles. The number of nitrogen functional groups attached to an aromatic ring is 1. The highest BCUT2D eigenvalue weighted by Crippen LogP contribution is 2.29. The van der Waals surface area contributed by atoms with Crippen molar-refractivity contribution in [1.29, 1.82) is 5.41 Å². The van der Waals surface area contributed by atoms with Crippen molar-refractivity contribution in [2.75, 3.05) is 13.1 Å². The highest BCUT2D eigenvalue weighted by Gasteiger charge is 2.39. The van der Waals surface area contributed by atoms with Crippen LogP contribution in [0.4, 0.5) is 0 Å². The van der Waals surface area contributed by atoms with Crippen LogP contribution >= 0.6 is 11.3 Å². The molecule has 0 radical (unpaired) electrons. The van der Waals surface area contributed by atoms with Crippen molar-refractivity contribution in [3.8, 4) is 0 Å². The van der Waals surface area contributed by atoms with Gasteiger partial charge in [0.15, 0.2) is 0 Å². The lowest BCUT2D eigenvalue weighted by molar-refractivity contribution is -0.142. The number of carbonyl (C=O) groups is 3. The predicted octanol–water partition coefficient (Wildman–Crippen LogP) is 1.26. The minimum absolute atomic E-state index is 0.00208. The van der Waals surface area contributed by atoms with Crippen LogP contribution in [0.25, 0.3) is 0 Å². The first kappa shape index (κ1) is 23.2. The molecule has 170 valence electrons. The molecule has 0 spiro atoms. The van der Waals surface area contributed by atoms with Gasteiger partial charge in [-0.15, -0.1) is 11.3 Å². The van der Waals surface area contributed by atoms with Gasteiger partial charge in [0.1, 0.15) is 11.9 Å². The van der Waals surface area contributed by atoms with E-state index in [0.717, 1.165) is 43.4 Å². The molecule has 2 heterocycles. The van der Waals surface area contributed by atoms with Crippen LogP contribution in [0, 0.1) is 11.3 Å². The van der Waals surface area contributed by atoms with Gasteiger partial charge in [0, 0.05) is 11.4 Å². The molecule has 0 aromatic carbocycles. The third kappa shape index (κ3) is 6.04. The van der Waals surface area contributed by atoms with Gasteiger partial charge in [0.25, 0.3) is 0 Å². The van der Waals surface area contributed by atoms with Crippen LogP contribution < -0.4 is 16.4 Å². The first-order valence-electron chi connectivity index (χ1n) is 10.8. The van der Waals surface area contributed by atoms with E-state index >= 15 is 0 Å². The smallest absolute Gasteiger partial charge is 0.317 e. The van der Waals surface area contributed by atoms with Gasteiger partial charge in [-0.1, -0.05) is 19.3 Å². The van der Waals surface area contributed by atoms with Gasteiger partial charge in [-0.2, -0.15) is 0 Å². The van der Waals surface area contributed by atoms with E-state index in [1.54, 1.807) is 11.0 Å². The summed E-state index contributed by atoms with van der Waals surface area (Å²) in [6.07, 6.45) is 6.34. The van der Waals surface area contributed by atoms with Crippen molar-refractivity contribution in [3.63, 3.8) is 0 Å². The molecule has 2 atom stereocenters. The van der Waals surface area contributed by atoms with E-state index < -0.39 is 18.1 Å². The Bertz CT molecular complexity index is 820. The number of amidine groups is 1. The molecule has 1 aromatic rings. The number of aliphatic carboxylic acids is 1. The maximum absolute atomic E-state index is 13.4. The SMILES string of the molecule is N=C(N)c1ccc(CNC(=O)C2CCCN2C(=O)C(NCC(=O)O)C2CCCCC2)s1. The van der Waals surface area contributed by atoms with Crippen molar-refractivity contribution >= 4 is 35.0 Å². The molecular weight excluding hydrogens is 418 g/mol. The van der Waals surface area contributed by atoms with Crippen molar-refractivity contribution in [2.24, 2.45) is 11.7 Å². The second kappa shape index (κ2) is 10.7. The van der Waals surface area contributed by atoms with Crippen LogP contribution in [0.1, 0.15) is 54.7 Å². The molecule has 9 nitrogen and oxygen atoms in total. The van der Waals surface area contributed by atoms with E-state index in [9.17, 15) is 14.4 Å². The number of nitrogens with zero attached hydrogens (tertiary/aromatic N) is 1. The summed E-state index contributed by atoms with van der Waals surface area (Å²) in [6.45, 7) is 0.551. The maximum atomic E-state index is 13.4. The summed E-state index contributed by atoms with van der Waals surface area (Å²) in [4.78, 5) is 40.5. The van der Waals surface area contributed by atoms with Gasteiger partial charge in [0.2, 0.25) is 11.8 Å². The standard InChI is InChI=1S/C21H31N5O4S/c22-19(23)16-9-8-14(31-16)11-25-20(29)15-7-4-10-26(15)21(30)18(24-12-17(27)28)13-5-2-1-3-6-13/h8-9,13,15,18,24H,1-7,10-12H2,(H3,22,23)(H,25,29)(H,27,28). The van der Waals surface area contributed by atoms with Crippen LogP contribution in [0.5, 0.6) is 0 Å². The number of hydrogen-bond acceptors (Lipinski definition) is 6. The Hall–Kier alpha value is -2.46. The van der Waals surface area contributed by atoms with Crippen LogP contribution in [0.3, 0.4) is 0 Å². The first-order chi connectivity index (χ1) is 14.9. The number of nitrogens with two attached hydrogens (primary N) is 1.